The zero-order chi connectivity index (χ0) is 25.5. The van der Waals surface area contributed by atoms with Gasteiger partial charge in [0.2, 0.25) is 0 Å². The van der Waals surface area contributed by atoms with E-state index in [2.05, 4.69) is 60.0 Å². The molecule has 3 aromatic rings. The van der Waals surface area contributed by atoms with E-state index >= 15 is 0 Å². The fourth-order valence-electron chi connectivity index (χ4n) is 3.58. The van der Waals surface area contributed by atoms with Crippen molar-refractivity contribution in [3.8, 4) is 17.6 Å². The number of ether oxygens (including phenoxy) is 2. The number of anilines is 1. The van der Waals surface area contributed by atoms with E-state index in [-0.39, 0.29) is 5.57 Å². The van der Waals surface area contributed by atoms with Crippen LogP contribution in [0.3, 0.4) is 0 Å². The molecule has 0 fully saturated rings. The molecule has 5 nitrogen and oxygen atoms in total. The highest BCUT2D eigenvalue weighted by atomic mass is 127. The average Bonchev–Trinajstić information content (AvgIpc) is 2.81. The van der Waals surface area contributed by atoms with Gasteiger partial charge in [-0.2, -0.15) is 5.26 Å². The molecule has 0 bridgehead atoms. The van der Waals surface area contributed by atoms with Crippen molar-refractivity contribution in [2.75, 3.05) is 11.9 Å². The summed E-state index contributed by atoms with van der Waals surface area (Å²) < 4.78 is 12.8. The third kappa shape index (κ3) is 6.86. The number of benzene rings is 3. The van der Waals surface area contributed by atoms with Crippen LogP contribution < -0.4 is 14.8 Å². The fraction of sp³-hybridized carbons (Fsp3) is 0.241. The number of nitrogens with one attached hydrogen (secondary N) is 1. The number of carbonyl (C=O) groups is 1. The van der Waals surface area contributed by atoms with Gasteiger partial charge in [-0.05, 0) is 109 Å². The molecule has 0 aromatic heterocycles. The first-order valence-corrected chi connectivity index (χ1v) is 12.4. The number of carbonyl (C=O) groups excluding carboxylic acids is 1. The third-order valence-corrected chi connectivity index (χ3v) is 6.39. The van der Waals surface area contributed by atoms with E-state index in [0.717, 1.165) is 20.3 Å². The van der Waals surface area contributed by atoms with Crippen LogP contribution in [0.15, 0.2) is 54.1 Å². The Hall–Kier alpha value is -3.31. The minimum Gasteiger partial charge on any atom is -0.490 e. The summed E-state index contributed by atoms with van der Waals surface area (Å²) in [5.41, 5.74) is 6.95. The van der Waals surface area contributed by atoms with E-state index < -0.39 is 5.91 Å². The number of halogens is 1. The molecule has 6 heteroatoms. The molecule has 0 heterocycles. The molecule has 0 aliphatic carbocycles. The first kappa shape index (κ1) is 26.3. The normalized spacial score (nSPS) is 11.1. The van der Waals surface area contributed by atoms with Gasteiger partial charge in [0.25, 0.3) is 5.91 Å². The Bertz CT molecular complexity index is 1320. The van der Waals surface area contributed by atoms with Gasteiger partial charge in [0.15, 0.2) is 11.5 Å². The van der Waals surface area contributed by atoms with E-state index in [1.165, 1.54) is 11.1 Å². The van der Waals surface area contributed by atoms with Crippen molar-refractivity contribution in [1.82, 2.24) is 0 Å². The maximum absolute atomic E-state index is 12.8. The lowest BCUT2D eigenvalue weighted by molar-refractivity contribution is -0.112. The highest BCUT2D eigenvalue weighted by molar-refractivity contribution is 14.1. The summed E-state index contributed by atoms with van der Waals surface area (Å²) in [6.07, 6.45) is 1.57. The lowest BCUT2D eigenvalue weighted by Gasteiger charge is -2.15. The van der Waals surface area contributed by atoms with Crippen LogP contribution in [-0.2, 0) is 11.4 Å². The Labute approximate surface area is 220 Å². The zero-order valence-electron chi connectivity index (χ0n) is 20.7. The number of hydrogen-bond acceptors (Lipinski definition) is 4. The smallest absolute Gasteiger partial charge is 0.266 e. The van der Waals surface area contributed by atoms with Crippen LogP contribution in [0.25, 0.3) is 6.08 Å². The molecule has 0 radical (unpaired) electrons. The maximum atomic E-state index is 12.8. The Morgan fingerprint density at radius 3 is 2.43 bits per heavy atom. The molecule has 180 valence electrons. The fourth-order valence-corrected chi connectivity index (χ4v) is 4.36. The number of aryl methyl sites for hydroxylation is 4. The predicted molar refractivity (Wildman–Crippen MR) is 149 cm³/mol. The first-order chi connectivity index (χ1) is 16.7. The largest absolute Gasteiger partial charge is 0.490 e. The van der Waals surface area contributed by atoms with Gasteiger partial charge in [-0.25, -0.2) is 0 Å². The predicted octanol–water partition coefficient (Wildman–Crippen LogP) is 7.05. The maximum Gasteiger partial charge on any atom is 0.266 e. The first-order valence-electron chi connectivity index (χ1n) is 11.4. The van der Waals surface area contributed by atoms with Gasteiger partial charge in [-0.1, -0.05) is 35.9 Å². The summed E-state index contributed by atoms with van der Waals surface area (Å²) in [6, 6.07) is 17.7. The van der Waals surface area contributed by atoms with Crippen molar-refractivity contribution in [3.05, 3.63) is 91.1 Å². The Balaban J connectivity index is 1.85. The summed E-state index contributed by atoms with van der Waals surface area (Å²) in [7, 11) is 0. The molecule has 0 saturated heterocycles. The van der Waals surface area contributed by atoms with E-state index in [4.69, 9.17) is 9.47 Å². The Kier molecular flexibility index (Phi) is 8.94. The van der Waals surface area contributed by atoms with Crippen LogP contribution in [0.4, 0.5) is 5.69 Å². The van der Waals surface area contributed by atoms with Crippen molar-refractivity contribution in [2.24, 2.45) is 0 Å². The summed E-state index contributed by atoms with van der Waals surface area (Å²) in [4.78, 5) is 12.8. The van der Waals surface area contributed by atoms with Crippen LogP contribution in [0, 0.1) is 42.6 Å². The Morgan fingerprint density at radius 2 is 1.77 bits per heavy atom. The van der Waals surface area contributed by atoms with E-state index in [0.29, 0.717) is 36.0 Å². The van der Waals surface area contributed by atoms with Crippen LogP contribution in [0.1, 0.15) is 40.3 Å². The highest BCUT2D eigenvalue weighted by Gasteiger charge is 2.15. The SMILES string of the molecule is CCOc1cc(/C=C(\C#N)C(=O)Nc2ccc(C)cc2C)cc(I)c1OCc1ccc(C)c(C)c1. The van der Waals surface area contributed by atoms with E-state index in [1.807, 2.05) is 51.1 Å². The van der Waals surface area contributed by atoms with Crippen LogP contribution in [-0.4, -0.2) is 12.5 Å². The van der Waals surface area contributed by atoms with Gasteiger partial charge in [-0.15, -0.1) is 0 Å². The second kappa shape index (κ2) is 11.9. The van der Waals surface area contributed by atoms with Crippen molar-refractivity contribution in [3.63, 3.8) is 0 Å². The van der Waals surface area contributed by atoms with Gasteiger partial charge in [-0.3, -0.25) is 4.79 Å². The third-order valence-electron chi connectivity index (χ3n) is 5.59. The van der Waals surface area contributed by atoms with Crippen LogP contribution >= 0.6 is 22.6 Å². The molecule has 3 rings (SSSR count). The number of nitriles is 1. The molecule has 1 N–H and O–H groups in total. The molecule has 0 unspecified atom stereocenters. The monoisotopic (exact) mass is 580 g/mol. The lowest BCUT2D eigenvalue weighted by Crippen LogP contribution is -2.14. The number of nitrogens with zero attached hydrogens (tertiary/aromatic N) is 1. The standard InChI is InChI=1S/C29H29IN2O3/c1-6-34-27-15-23(13-24(16-31)29(33)32-26-10-7-18(2)11-21(26)5)14-25(30)28(27)35-17-22-9-8-19(3)20(4)12-22/h7-15H,6,17H2,1-5H3,(H,32,33)/b24-13+. The van der Waals surface area contributed by atoms with Crippen LogP contribution in [0.2, 0.25) is 0 Å². The second-order valence-corrected chi connectivity index (χ2v) is 9.57. The van der Waals surface area contributed by atoms with Crippen molar-refractivity contribution in [2.45, 2.75) is 41.2 Å². The topological polar surface area (TPSA) is 71.3 Å². The quantitative estimate of drug-likeness (QED) is 0.176. The zero-order valence-corrected chi connectivity index (χ0v) is 22.8. The van der Waals surface area contributed by atoms with Crippen molar-refractivity contribution >= 4 is 40.3 Å². The minimum atomic E-state index is -0.456. The molecule has 0 spiro atoms. The second-order valence-electron chi connectivity index (χ2n) is 8.41. The summed E-state index contributed by atoms with van der Waals surface area (Å²) >= 11 is 2.19. The molecule has 3 aromatic carbocycles. The Morgan fingerprint density at radius 1 is 1.00 bits per heavy atom. The number of rotatable bonds is 8. The molecular weight excluding hydrogens is 551 g/mol. The minimum absolute atomic E-state index is 0.00650. The van der Waals surface area contributed by atoms with E-state index in [9.17, 15) is 10.1 Å². The van der Waals surface area contributed by atoms with Crippen molar-refractivity contribution < 1.29 is 14.3 Å². The molecule has 1 amide bonds. The van der Waals surface area contributed by atoms with Gasteiger partial charge < -0.3 is 14.8 Å². The molecule has 0 aliphatic rings. The van der Waals surface area contributed by atoms with E-state index in [1.54, 1.807) is 12.1 Å². The number of hydrogen-bond donors (Lipinski definition) is 1. The molecule has 35 heavy (non-hydrogen) atoms. The highest BCUT2D eigenvalue weighted by Crippen LogP contribution is 2.35. The lowest BCUT2D eigenvalue weighted by atomic mass is 10.1. The van der Waals surface area contributed by atoms with Crippen LogP contribution in [0.5, 0.6) is 11.5 Å². The summed E-state index contributed by atoms with van der Waals surface area (Å²) in [6.45, 7) is 10.9. The van der Waals surface area contributed by atoms with Gasteiger partial charge in [0.05, 0.1) is 10.2 Å². The molecule has 0 saturated carbocycles. The summed E-state index contributed by atoms with van der Waals surface area (Å²) in [5.74, 6) is 0.755. The molecule has 0 atom stereocenters. The van der Waals surface area contributed by atoms with Crippen molar-refractivity contribution in [1.29, 1.82) is 5.26 Å². The molecule has 0 aliphatic heterocycles. The number of amides is 1. The van der Waals surface area contributed by atoms with Gasteiger partial charge in [0, 0.05) is 5.69 Å². The summed E-state index contributed by atoms with van der Waals surface area (Å²) in [5, 5.41) is 12.5. The van der Waals surface area contributed by atoms with Gasteiger partial charge >= 0.3 is 0 Å². The average molecular weight is 580 g/mol. The van der Waals surface area contributed by atoms with Gasteiger partial charge in [0.1, 0.15) is 18.2 Å². The molecular formula is C29H29IN2O3.